The number of nitrogens with one attached hydrogen (secondary N) is 1. The lowest BCUT2D eigenvalue weighted by Crippen LogP contribution is -2.45. The van der Waals surface area contributed by atoms with Gasteiger partial charge in [0.05, 0.1) is 37.2 Å². The van der Waals surface area contributed by atoms with Crippen LogP contribution in [-0.4, -0.2) is 65.4 Å². The van der Waals surface area contributed by atoms with Crippen LogP contribution >= 0.6 is 0 Å². The molecular weight excluding hydrogens is 468 g/mol. The van der Waals surface area contributed by atoms with Crippen molar-refractivity contribution in [3.05, 3.63) is 60.8 Å². The number of aromatic nitrogens is 3. The smallest absolute Gasteiger partial charge is 0.162 e. The molecule has 1 unspecified atom stereocenters. The first-order chi connectivity index (χ1) is 18.1. The highest BCUT2D eigenvalue weighted by Gasteiger charge is 2.18. The van der Waals surface area contributed by atoms with Crippen molar-refractivity contribution in [2.75, 3.05) is 50.6 Å². The maximum atomic E-state index is 6.10. The van der Waals surface area contributed by atoms with Gasteiger partial charge in [0.25, 0.3) is 0 Å². The molecule has 9 nitrogen and oxygen atoms in total. The van der Waals surface area contributed by atoms with Crippen LogP contribution in [0.1, 0.15) is 13.8 Å². The molecule has 0 amide bonds. The number of ether oxygens (including phenoxy) is 3. The quantitative estimate of drug-likeness (QED) is 0.343. The summed E-state index contributed by atoms with van der Waals surface area (Å²) in [6.45, 7) is 8.64. The highest BCUT2D eigenvalue weighted by molar-refractivity contribution is 5.93. The molecule has 192 valence electrons. The summed E-state index contributed by atoms with van der Waals surface area (Å²) in [5.74, 6) is 3.24. The zero-order chi connectivity index (χ0) is 25.6. The number of nitrogens with zero attached hydrogens (tertiary/aromatic N) is 4. The van der Waals surface area contributed by atoms with Crippen LogP contribution in [0.5, 0.6) is 11.5 Å². The minimum Gasteiger partial charge on any atom is -0.494 e. The number of morpholine rings is 1. The third-order valence-corrected chi connectivity index (χ3v) is 6.27. The average molecular weight is 501 g/mol. The van der Waals surface area contributed by atoms with Crippen LogP contribution in [-0.2, 0) is 4.74 Å². The van der Waals surface area contributed by atoms with Gasteiger partial charge in [-0.25, -0.2) is 15.0 Å². The lowest BCUT2D eigenvalue weighted by Gasteiger charge is -2.32. The fraction of sp³-hybridized carbons (Fsp3) is 0.321. The molecule has 3 heterocycles. The van der Waals surface area contributed by atoms with Crippen molar-refractivity contribution < 1.29 is 14.2 Å². The van der Waals surface area contributed by atoms with Gasteiger partial charge in [-0.05, 0) is 56.3 Å². The molecule has 0 bridgehead atoms. The van der Waals surface area contributed by atoms with Gasteiger partial charge in [0, 0.05) is 30.1 Å². The second-order valence-corrected chi connectivity index (χ2v) is 8.94. The highest BCUT2D eigenvalue weighted by Crippen LogP contribution is 2.31. The predicted molar refractivity (Wildman–Crippen MR) is 145 cm³/mol. The Morgan fingerprint density at radius 3 is 2.78 bits per heavy atom. The summed E-state index contributed by atoms with van der Waals surface area (Å²) < 4.78 is 17.3. The molecular formula is C28H32N6O3. The van der Waals surface area contributed by atoms with Gasteiger partial charge in [-0.15, -0.1) is 0 Å². The van der Waals surface area contributed by atoms with Gasteiger partial charge >= 0.3 is 0 Å². The van der Waals surface area contributed by atoms with Gasteiger partial charge in [0.2, 0.25) is 0 Å². The Bertz CT molecular complexity index is 1350. The monoisotopic (exact) mass is 500 g/mol. The Morgan fingerprint density at radius 2 is 1.97 bits per heavy atom. The molecule has 2 aromatic heterocycles. The number of hydrogen-bond donors (Lipinski definition) is 2. The van der Waals surface area contributed by atoms with Crippen molar-refractivity contribution in [3.63, 3.8) is 0 Å². The fourth-order valence-electron chi connectivity index (χ4n) is 4.30. The molecule has 1 saturated heterocycles. The number of hydrogen-bond acceptors (Lipinski definition) is 9. The Hall–Kier alpha value is -3.95. The number of benzene rings is 2. The number of fused-ring (bicyclic) bond motifs is 1. The number of nitrogen functional groups attached to an aromatic ring is 1. The molecule has 0 saturated carbocycles. The Kier molecular flexibility index (Phi) is 7.62. The average Bonchev–Trinajstić information content (AvgIpc) is 2.91. The Balaban J connectivity index is 1.41. The molecule has 1 aliphatic heterocycles. The van der Waals surface area contributed by atoms with Crippen molar-refractivity contribution in [1.82, 2.24) is 19.9 Å². The number of pyridine rings is 1. The van der Waals surface area contributed by atoms with Gasteiger partial charge < -0.3 is 25.3 Å². The van der Waals surface area contributed by atoms with E-state index in [1.807, 2.05) is 55.5 Å². The van der Waals surface area contributed by atoms with E-state index in [2.05, 4.69) is 22.1 Å². The molecule has 1 atom stereocenters. The summed E-state index contributed by atoms with van der Waals surface area (Å²) in [6, 6.07) is 17.7. The molecule has 0 aliphatic carbocycles. The standard InChI is InChI=1S/C28H32N6O3/c1-3-36-23-8-9-25-24(16-23)28(31-21-7-10-26(29)30-17-21)33-27(32-25)20-5-4-6-22(15-20)37-14-12-34-11-13-35-18-19(34)2/h4-10,15-17,19H,3,11-14,18H2,1-2H3,(H2,29,30)(H,31,32,33). The van der Waals surface area contributed by atoms with Crippen LogP contribution in [0, 0.1) is 0 Å². The van der Waals surface area contributed by atoms with Gasteiger partial charge in [-0.1, -0.05) is 12.1 Å². The number of rotatable bonds is 9. The summed E-state index contributed by atoms with van der Waals surface area (Å²) in [5, 5.41) is 4.22. The summed E-state index contributed by atoms with van der Waals surface area (Å²) in [7, 11) is 0. The van der Waals surface area contributed by atoms with Crippen molar-refractivity contribution >= 4 is 28.2 Å². The summed E-state index contributed by atoms with van der Waals surface area (Å²) >= 11 is 0. The Morgan fingerprint density at radius 1 is 1.08 bits per heavy atom. The summed E-state index contributed by atoms with van der Waals surface area (Å²) in [5.41, 5.74) is 8.20. The van der Waals surface area contributed by atoms with E-state index in [9.17, 15) is 0 Å². The van der Waals surface area contributed by atoms with Crippen molar-refractivity contribution in [1.29, 1.82) is 0 Å². The van der Waals surface area contributed by atoms with Crippen LogP contribution < -0.4 is 20.5 Å². The molecule has 9 heteroatoms. The van der Waals surface area contributed by atoms with Crippen LogP contribution in [0.25, 0.3) is 22.3 Å². The molecule has 5 rings (SSSR count). The lowest BCUT2D eigenvalue weighted by molar-refractivity contribution is -0.00514. The molecule has 1 aliphatic rings. The van der Waals surface area contributed by atoms with Crippen molar-refractivity contribution in [2.45, 2.75) is 19.9 Å². The largest absolute Gasteiger partial charge is 0.494 e. The minimum atomic E-state index is 0.403. The number of nitrogens with two attached hydrogens (primary N) is 1. The zero-order valence-electron chi connectivity index (χ0n) is 21.2. The van der Waals surface area contributed by atoms with Crippen molar-refractivity contribution in [3.8, 4) is 22.9 Å². The first kappa shape index (κ1) is 24.7. The lowest BCUT2D eigenvalue weighted by atomic mass is 10.1. The van der Waals surface area contributed by atoms with E-state index in [0.29, 0.717) is 36.7 Å². The second kappa shape index (κ2) is 11.4. The maximum Gasteiger partial charge on any atom is 0.162 e. The van der Waals surface area contributed by atoms with Gasteiger partial charge in [-0.2, -0.15) is 0 Å². The van der Waals surface area contributed by atoms with Gasteiger partial charge in [0.1, 0.15) is 29.7 Å². The van der Waals surface area contributed by atoms with Crippen LogP contribution in [0.3, 0.4) is 0 Å². The van der Waals surface area contributed by atoms with Crippen LogP contribution in [0.15, 0.2) is 60.8 Å². The molecule has 37 heavy (non-hydrogen) atoms. The van der Waals surface area contributed by atoms with E-state index >= 15 is 0 Å². The SMILES string of the molecule is CCOc1ccc2nc(-c3cccc(OCCN4CCOCC4C)c3)nc(Nc3ccc(N)nc3)c2c1. The van der Waals surface area contributed by atoms with Crippen molar-refractivity contribution in [2.24, 2.45) is 0 Å². The van der Waals surface area contributed by atoms with E-state index in [1.54, 1.807) is 12.3 Å². The Labute approximate surface area is 216 Å². The minimum absolute atomic E-state index is 0.403. The van der Waals surface area contributed by atoms with Crippen LogP contribution in [0.2, 0.25) is 0 Å². The zero-order valence-corrected chi connectivity index (χ0v) is 21.2. The summed E-state index contributed by atoms with van der Waals surface area (Å²) in [6.07, 6.45) is 1.68. The van der Waals surface area contributed by atoms with E-state index < -0.39 is 0 Å². The number of anilines is 3. The molecule has 0 spiro atoms. The van der Waals surface area contributed by atoms with Gasteiger partial charge in [-0.3, -0.25) is 4.90 Å². The fourth-order valence-corrected chi connectivity index (χ4v) is 4.30. The molecule has 1 fully saturated rings. The second-order valence-electron chi connectivity index (χ2n) is 8.94. The highest BCUT2D eigenvalue weighted by atomic mass is 16.5. The maximum absolute atomic E-state index is 6.10. The first-order valence-electron chi connectivity index (χ1n) is 12.6. The van der Waals surface area contributed by atoms with E-state index in [1.165, 1.54) is 0 Å². The van der Waals surface area contributed by atoms with E-state index in [4.69, 9.17) is 29.9 Å². The van der Waals surface area contributed by atoms with E-state index in [0.717, 1.165) is 60.0 Å². The molecule has 3 N–H and O–H groups in total. The normalized spacial score (nSPS) is 16.0. The predicted octanol–water partition coefficient (Wildman–Crippen LogP) is 4.52. The summed E-state index contributed by atoms with van der Waals surface area (Å²) in [4.78, 5) is 16.3. The molecule has 4 aromatic rings. The van der Waals surface area contributed by atoms with E-state index in [-0.39, 0.29) is 0 Å². The molecule has 0 radical (unpaired) electrons. The van der Waals surface area contributed by atoms with Gasteiger partial charge in [0.15, 0.2) is 5.82 Å². The topological polar surface area (TPSA) is 108 Å². The third-order valence-electron chi connectivity index (χ3n) is 6.27. The molecule has 2 aromatic carbocycles. The first-order valence-corrected chi connectivity index (χ1v) is 12.6. The van der Waals surface area contributed by atoms with Crippen LogP contribution in [0.4, 0.5) is 17.3 Å². The third kappa shape index (κ3) is 6.07.